The van der Waals surface area contributed by atoms with E-state index in [0.717, 1.165) is 4.88 Å². The lowest BCUT2D eigenvalue weighted by molar-refractivity contribution is 0.0603. The molecule has 3 rings (SSSR count). The molecule has 0 spiro atoms. The number of nitrogens with zero attached hydrogens (tertiary/aromatic N) is 1. The predicted molar refractivity (Wildman–Crippen MR) is 97.7 cm³/mol. The molecule has 2 aromatic heterocycles. The van der Waals surface area contributed by atoms with Crippen LogP contribution < -0.4 is 5.56 Å². The summed E-state index contributed by atoms with van der Waals surface area (Å²) in [4.78, 5) is 26.5. The van der Waals surface area contributed by atoms with Gasteiger partial charge in [-0.3, -0.25) is 4.79 Å². The monoisotopic (exact) mass is 341 g/mol. The Morgan fingerprint density at radius 2 is 1.88 bits per heavy atom. The quantitative estimate of drug-likeness (QED) is 0.669. The third-order valence-electron chi connectivity index (χ3n) is 3.87. The number of hydrogen-bond donors (Lipinski definition) is 0. The van der Waals surface area contributed by atoms with Crippen molar-refractivity contribution in [1.29, 1.82) is 0 Å². The number of thiophene rings is 1. The van der Waals surface area contributed by atoms with Crippen LogP contribution in [0.25, 0.3) is 21.3 Å². The van der Waals surface area contributed by atoms with E-state index in [4.69, 9.17) is 4.74 Å². The Morgan fingerprint density at radius 1 is 1.17 bits per heavy atom. The number of methoxy groups -OCH3 is 1. The normalized spacial score (nSPS) is 11.2. The summed E-state index contributed by atoms with van der Waals surface area (Å²) in [7, 11) is 1.37. The number of carbonyl (C=O) groups is 1. The highest BCUT2D eigenvalue weighted by Crippen LogP contribution is 2.32. The largest absolute Gasteiger partial charge is 0.465 e. The molecule has 1 aromatic carbocycles. The summed E-state index contributed by atoms with van der Waals surface area (Å²) < 4.78 is 6.75. The van der Waals surface area contributed by atoms with Crippen molar-refractivity contribution in [2.75, 3.05) is 7.11 Å². The summed E-state index contributed by atoms with van der Waals surface area (Å²) in [6, 6.07) is 11.1. The number of benzene rings is 1. The first-order valence-corrected chi connectivity index (χ1v) is 8.70. The van der Waals surface area contributed by atoms with Crippen LogP contribution in [0.3, 0.4) is 0 Å². The molecule has 2 heterocycles. The molecule has 0 saturated carbocycles. The number of rotatable bonds is 4. The average Bonchev–Trinajstić information content (AvgIpc) is 3.10. The Kier molecular flexibility index (Phi) is 4.53. The van der Waals surface area contributed by atoms with Crippen molar-refractivity contribution in [1.82, 2.24) is 4.57 Å². The molecule has 24 heavy (non-hydrogen) atoms. The number of aromatic nitrogens is 1. The van der Waals surface area contributed by atoms with E-state index in [1.54, 1.807) is 16.7 Å². The first-order chi connectivity index (χ1) is 11.5. The van der Waals surface area contributed by atoms with Crippen LogP contribution in [0, 0.1) is 5.92 Å². The zero-order valence-electron chi connectivity index (χ0n) is 13.9. The first-order valence-electron chi connectivity index (χ1n) is 7.82. The molecule has 124 valence electrons. The van der Waals surface area contributed by atoms with E-state index in [-0.39, 0.29) is 11.5 Å². The maximum absolute atomic E-state index is 13.1. The van der Waals surface area contributed by atoms with Crippen LogP contribution in [0.2, 0.25) is 0 Å². The minimum Gasteiger partial charge on any atom is -0.465 e. The van der Waals surface area contributed by atoms with E-state index in [2.05, 4.69) is 13.8 Å². The molecule has 0 aliphatic carbocycles. The molecule has 5 heteroatoms. The third kappa shape index (κ3) is 2.76. The summed E-state index contributed by atoms with van der Waals surface area (Å²) in [6.45, 7) is 4.65. The molecule has 0 atom stereocenters. The van der Waals surface area contributed by atoms with Crippen LogP contribution in [0.1, 0.15) is 24.2 Å². The SMILES string of the molecule is COC(=O)c1c(-c2cccs2)n(CC(C)C)c(=O)c2ccccc12. The Hall–Kier alpha value is -2.40. The Balaban J connectivity index is 2.51. The molecule has 0 amide bonds. The maximum Gasteiger partial charge on any atom is 0.340 e. The molecule has 0 saturated heterocycles. The molecular formula is C19H19NO3S. The molecule has 0 radical (unpaired) electrons. The molecular weight excluding hydrogens is 322 g/mol. The number of esters is 1. The van der Waals surface area contributed by atoms with Gasteiger partial charge in [-0.15, -0.1) is 11.3 Å². The summed E-state index contributed by atoms with van der Waals surface area (Å²) in [5.41, 5.74) is 1.03. The number of fused-ring (bicyclic) bond motifs is 1. The molecule has 0 fully saturated rings. The fourth-order valence-corrected chi connectivity index (χ4v) is 3.70. The molecule has 0 bridgehead atoms. The van der Waals surface area contributed by atoms with Crippen LogP contribution >= 0.6 is 11.3 Å². The van der Waals surface area contributed by atoms with Gasteiger partial charge in [0.25, 0.3) is 5.56 Å². The van der Waals surface area contributed by atoms with Gasteiger partial charge in [0.2, 0.25) is 0 Å². The standard InChI is InChI=1S/C19H19NO3S/c1-12(2)11-20-17(15-9-6-10-24-15)16(19(22)23-3)13-7-4-5-8-14(13)18(20)21/h4-10,12H,11H2,1-3H3. The highest BCUT2D eigenvalue weighted by molar-refractivity contribution is 7.13. The highest BCUT2D eigenvalue weighted by atomic mass is 32.1. The zero-order valence-corrected chi connectivity index (χ0v) is 14.7. The van der Waals surface area contributed by atoms with Crippen molar-refractivity contribution in [3.63, 3.8) is 0 Å². The van der Waals surface area contributed by atoms with E-state index >= 15 is 0 Å². The van der Waals surface area contributed by atoms with Crippen molar-refractivity contribution < 1.29 is 9.53 Å². The Morgan fingerprint density at radius 3 is 2.46 bits per heavy atom. The van der Waals surface area contributed by atoms with Gasteiger partial charge in [-0.25, -0.2) is 4.79 Å². The minimum atomic E-state index is -0.424. The van der Waals surface area contributed by atoms with Crippen molar-refractivity contribution in [3.8, 4) is 10.6 Å². The zero-order chi connectivity index (χ0) is 17.3. The van der Waals surface area contributed by atoms with E-state index in [1.165, 1.54) is 18.4 Å². The summed E-state index contributed by atoms with van der Waals surface area (Å²) in [6.07, 6.45) is 0. The van der Waals surface area contributed by atoms with Crippen molar-refractivity contribution in [2.24, 2.45) is 5.92 Å². The Labute approximate surface area is 144 Å². The van der Waals surface area contributed by atoms with E-state index in [9.17, 15) is 9.59 Å². The van der Waals surface area contributed by atoms with Crippen molar-refractivity contribution in [2.45, 2.75) is 20.4 Å². The Bertz CT molecular complexity index is 939. The lowest BCUT2D eigenvalue weighted by Gasteiger charge is -2.19. The van der Waals surface area contributed by atoms with Gasteiger partial charge in [-0.2, -0.15) is 0 Å². The molecule has 3 aromatic rings. The molecule has 0 aliphatic heterocycles. The van der Waals surface area contributed by atoms with Gasteiger partial charge in [0.15, 0.2) is 0 Å². The average molecular weight is 341 g/mol. The van der Waals surface area contributed by atoms with Gasteiger partial charge < -0.3 is 9.30 Å². The minimum absolute atomic E-state index is 0.0737. The smallest absolute Gasteiger partial charge is 0.340 e. The van der Waals surface area contributed by atoms with Gasteiger partial charge in [0.1, 0.15) is 0 Å². The van der Waals surface area contributed by atoms with Crippen molar-refractivity contribution >= 4 is 28.1 Å². The topological polar surface area (TPSA) is 48.3 Å². The second-order valence-electron chi connectivity index (χ2n) is 6.05. The first kappa shape index (κ1) is 16.5. The second kappa shape index (κ2) is 6.61. The molecule has 0 N–H and O–H groups in total. The van der Waals surface area contributed by atoms with Gasteiger partial charge in [0.05, 0.1) is 23.2 Å². The third-order valence-corrected chi connectivity index (χ3v) is 4.75. The van der Waals surface area contributed by atoms with Gasteiger partial charge in [-0.05, 0) is 23.4 Å². The maximum atomic E-state index is 13.1. The van der Waals surface area contributed by atoms with Crippen LogP contribution in [-0.4, -0.2) is 17.6 Å². The van der Waals surface area contributed by atoms with Gasteiger partial charge in [0, 0.05) is 17.3 Å². The van der Waals surface area contributed by atoms with Crippen LogP contribution in [0.15, 0.2) is 46.6 Å². The number of pyridine rings is 1. The lowest BCUT2D eigenvalue weighted by atomic mass is 10.0. The number of hydrogen-bond acceptors (Lipinski definition) is 4. The molecule has 0 unspecified atom stereocenters. The van der Waals surface area contributed by atoms with E-state index in [1.807, 2.05) is 29.6 Å². The lowest BCUT2D eigenvalue weighted by Crippen LogP contribution is -2.27. The van der Waals surface area contributed by atoms with Gasteiger partial charge in [-0.1, -0.05) is 38.1 Å². The number of carbonyl (C=O) groups excluding carboxylic acids is 1. The van der Waals surface area contributed by atoms with E-state index < -0.39 is 5.97 Å². The van der Waals surface area contributed by atoms with Crippen LogP contribution in [0.4, 0.5) is 0 Å². The molecule has 4 nitrogen and oxygen atoms in total. The fraction of sp³-hybridized carbons (Fsp3) is 0.263. The summed E-state index contributed by atoms with van der Waals surface area (Å²) in [5.74, 6) is -0.153. The predicted octanol–water partition coefficient (Wildman–Crippen LogP) is 4.17. The van der Waals surface area contributed by atoms with Crippen LogP contribution in [0.5, 0.6) is 0 Å². The van der Waals surface area contributed by atoms with Crippen LogP contribution in [-0.2, 0) is 11.3 Å². The van der Waals surface area contributed by atoms with Crippen molar-refractivity contribution in [3.05, 3.63) is 57.7 Å². The molecule has 0 aliphatic rings. The van der Waals surface area contributed by atoms with Gasteiger partial charge >= 0.3 is 5.97 Å². The second-order valence-corrected chi connectivity index (χ2v) is 7.00. The highest BCUT2D eigenvalue weighted by Gasteiger charge is 2.24. The summed E-state index contributed by atoms with van der Waals surface area (Å²) >= 11 is 1.51. The van der Waals surface area contributed by atoms with E-state index in [0.29, 0.717) is 28.6 Å². The fourth-order valence-electron chi connectivity index (χ4n) is 2.91. The summed E-state index contributed by atoms with van der Waals surface area (Å²) in [5, 5.41) is 3.12. The number of ether oxygens (including phenoxy) is 1.